The molecule has 1 nitrogen and oxygen atoms in total. The molecule has 250 valence electrons. The molecule has 0 aliphatic rings. The molecule has 0 spiro atoms. The summed E-state index contributed by atoms with van der Waals surface area (Å²) >= 11 is 0. The first-order chi connectivity index (χ1) is 28.0. The number of nitrogens with zero attached hydrogens (tertiary/aromatic N) is 1. The number of hydrogen-bond donors (Lipinski definition) is 0. The normalized spacial score (nSPS) is 12.1. The maximum Gasteiger partial charge on any atom is 0.0645 e. The van der Waals surface area contributed by atoms with Crippen LogP contribution >= 0.6 is 0 Å². The van der Waals surface area contributed by atoms with E-state index in [9.17, 15) is 5.48 Å². The van der Waals surface area contributed by atoms with Gasteiger partial charge in [-0.2, -0.15) is 0 Å². The van der Waals surface area contributed by atoms with E-state index >= 15 is 0 Å². The van der Waals surface area contributed by atoms with Gasteiger partial charge >= 0.3 is 0 Å². The average molecular weight is 680 g/mol. The lowest BCUT2D eigenvalue weighted by Crippen LogP contribution is -2.11. The molecule has 9 aromatic rings. The molecule has 0 N–H and O–H groups in total. The Bertz CT molecular complexity index is 2840. The summed E-state index contributed by atoms with van der Waals surface area (Å²) in [7, 11) is 0. The van der Waals surface area contributed by atoms with E-state index in [4.69, 9.17) is 0 Å². The number of rotatable bonds is 8. The molecule has 0 heterocycles. The smallest absolute Gasteiger partial charge is 0.0645 e. The van der Waals surface area contributed by atoms with Crippen LogP contribution in [0, 0.1) is 0 Å². The molecule has 0 bridgehead atoms. The Labute approximate surface area is 317 Å². The van der Waals surface area contributed by atoms with Crippen molar-refractivity contribution in [2.24, 2.45) is 0 Å². The first kappa shape index (κ1) is 27.7. The zero-order valence-corrected chi connectivity index (χ0v) is 29.0. The van der Waals surface area contributed by atoms with Crippen LogP contribution in [0.2, 0.25) is 0 Å². The molecular formula is C52H37N. The van der Waals surface area contributed by atoms with Crippen molar-refractivity contribution in [3.8, 4) is 55.6 Å². The van der Waals surface area contributed by atoms with Gasteiger partial charge in [-0.15, -0.1) is 0 Å². The van der Waals surface area contributed by atoms with E-state index in [-0.39, 0.29) is 35.4 Å². The molecule has 53 heavy (non-hydrogen) atoms. The highest BCUT2D eigenvalue weighted by molar-refractivity contribution is 5.97. The number of para-hydroxylation sites is 1. The van der Waals surface area contributed by atoms with Gasteiger partial charge in [0, 0.05) is 16.9 Å². The Kier molecular flexibility index (Phi) is 7.50. The summed E-state index contributed by atoms with van der Waals surface area (Å²) in [6.07, 6.45) is 0. The van der Waals surface area contributed by atoms with Crippen molar-refractivity contribution in [3.63, 3.8) is 0 Å². The van der Waals surface area contributed by atoms with Gasteiger partial charge in [-0.3, -0.25) is 0 Å². The van der Waals surface area contributed by atoms with E-state index in [0.29, 0.717) is 5.56 Å². The summed E-state index contributed by atoms with van der Waals surface area (Å²) in [5.41, 5.74) is 10.7. The third kappa shape index (κ3) is 6.53. The third-order valence-electron chi connectivity index (χ3n) is 9.77. The van der Waals surface area contributed by atoms with Crippen LogP contribution < -0.4 is 4.90 Å². The predicted octanol–water partition coefficient (Wildman–Crippen LogP) is 14.6. The van der Waals surface area contributed by atoms with Crippen LogP contribution in [-0.4, -0.2) is 0 Å². The van der Waals surface area contributed by atoms with Gasteiger partial charge in [0.25, 0.3) is 0 Å². The fraction of sp³-hybridized carbons (Fsp3) is 0. The Morgan fingerprint density at radius 1 is 0.302 bits per heavy atom. The number of fused-ring (bicyclic) bond motifs is 1. The topological polar surface area (TPSA) is 3.24 Å². The van der Waals surface area contributed by atoms with Crippen LogP contribution in [0.25, 0.3) is 66.4 Å². The van der Waals surface area contributed by atoms with Crippen LogP contribution in [0.15, 0.2) is 224 Å². The summed E-state index contributed by atoms with van der Waals surface area (Å²) in [4.78, 5) is 1.88. The second-order valence-electron chi connectivity index (χ2n) is 13.0. The summed E-state index contributed by atoms with van der Waals surface area (Å²) in [5, 5.41) is 2.23. The van der Waals surface area contributed by atoms with Crippen molar-refractivity contribution in [3.05, 3.63) is 224 Å². The van der Waals surface area contributed by atoms with Crippen LogP contribution in [0.3, 0.4) is 0 Å². The first-order valence-electron chi connectivity index (χ1n) is 19.9. The quantitative estimate of drug-likeness (QED) is 0.154. The molecule has 0 aromatic heterocycles. The van der Waals surface area contributed by atoms with Crippen LogP contribution in [0.5, 0.6) is 0 Å². The second kappa shape index (κ2) is 14.3. The van der Waals surface area contributed by atoms with Gasteiger partial charge in [-0.05, 0) is 97.2 Å². The lowest BCUT2D eigenvalue weighted by atomic mass is 9.95. The number of hydrogen-bond acceptors (Lipinski definition) is 1. The third-order valence-corrected chi connectivity index (χ3v) is 9.77. The van der Waals surface area contributed by atoms with Crippen molar-refractivity contribution in [2.75, 3.05) is 4.90 Å². The van der Waals surface area contributed by atoms with Crippen LogP contribution in [0.1, 0.15) is 5.48 Å². The molecule has 9 rings (SSSR count). The van der Waals surface area contributed by atoms with E-state index in [1.54, 1.807) is 0 Å². The van der Waals surface area contributed by atoms with E-state index in [1.807, 2.05) is 132 Å². The highest BCUT2D eigenvalue weighted by atomic mass is 15.1. The summed E-state index contributed by atoms with van der Waals surface area (Å²) < 4.78 is 38.2. The molecule has 9 aromatic carbocycles. The first-order valence-corrected chi connectivity index (χ1v) is 17.9. The van der Waals surface area contributed by atoms with E-state index < -0.39 is 0 Å². The molecule has 0 radical (unpaired) electrons. The van der Waals surface area contributed by atoms with Crippen molar-refractivity contribution in [1.29, 1.82) is 0 Å². The molecule has 0 unspecified atom stereocenters. The van der Waals surface area contributed by atoms with Gasteiger partial charge in [0.1, 0.15) is 0 Å². The largest absolute Gasteiger partial charge is 0.310 e. The average Bonchev–Trinajstić information content (AvgIpc) is 3.28. The minimum Gasteiger partial charge on any atom is -0.310 e. The van der Waals surface area contributed by atoms with E-state index in [0.717, 1.165) is 66.7 Å². The van der Waals surface area contributed by atoms with Gasteiger partial charge in [0.15, 0.2) is 0 Å². The van der Waals surface area contributed by atoms with Gasteiger partial charge in [-0.25, -0.2) is 0 Å². The van der Waals surface area contributed by atoms with Gasteiger partial charge < -0.3 is 4.90 Å². The van der Waals surface area contributed by atoms with Crippen LogP contribution in [0.4, 0.5) is 17.1 Å². The molecule has 0 saturated carbocycles. The van der Waals surface area contributed by atoms with E-state index in [1.165, 1.54) is 0 Å². The van der Waals surface area contributed by atoms with Gasteiger partial charge in [0.05, 0.1) is 11.2 Å². The minimum absolute atomic E-state index is 0.100. The molecule has 0 amide bonds. The summed E-state index contributed by atoms with van der Waals surface area (Å²) in [6.45, 7) is 0. The summed E-state index contributed by atoms with van der Waals surface area (Å²) in [6, 6.07) is 66.6. The van der Waals surface area contributed by atoms with Crippen molar-refractivity contribution < 1.29 is 5.48 Å². The maximum absolute atomic E-state index is 9.62. The van der Waals surface area contributed by atoms with Crippen molar-refractivity contribution in [1.82, 2.24) is 0 Å². The zero-order chi connectivity index (χ0) is 38.9. The molecule has 0 atom stereocenters. The molecular weight excluding hydrogens is 639 g/mol. The maximum atomic E-state index is 9.62. The van der Waals surface area contributed by atoms with Gasteiger partial charge in [0.2, 0.25) is 0 Å². The lowest BCUT2D eigenvalue weighted by Gasteiger charge is -2.28. The number of anilines is 3. The highest BCUT2D eigenvalue weighted by Gasteiger charge is 2.18. The Balaban J connectivity index is 1.20. The van der Waals surface area contributed by atoms with E-state index in [2.05, 4.69) is 72.8 Å². The molecule has 0 fully saturated rings. The number of benzene rings is 9. The Hall–Kier alpha value is -6.96. The molecule has 0 saturated heterocycles. The second-order valence-corrected chi connectivity index (χ2v) is 13.0. The van der Waals surface area contributed by atoms with Crippen molar-refractivity contribution >= 4 is 27.8 Å². The standard InChI is InChI=1S/C52H37N/c1-3-13-38(14-4-1)40-25-27-44(28-26-40)51-22-9-10-24-52(51)53(47-33-29-41(30-34-47)39-15-5-2-6-16-39)48-35-31-42(32-36-48)45-19-11-20-46(37-45)50-23-12-18-43-17-7-8-21-49(43)50/h1-37H/i31D,32D,35D,36D. The highest BCUT2D eigenvalue weighted by Crippen LogP contribution is 2.42. The van der Waals surface area contributed by atoms with Crippen molar-refractivity contribution in [2.45, 2.75) is 0 Å². The predicted molar refractivity (Wildman–Crippen MR) is 226 cm³/mol. The fourth-order valence-electron chi connectivity index (χ4n) is 7.09. The molecule has 0 aliphatic carbocycles. The SMILES string of the molecule is [2H]c1c([2H])c(N(c2ccc(-c3ccccc3)cc2)c2ccccc2-c2ccc(-c3ccccc3)cc2)c([2H])c([2H])c1-c1cccc(-c2cccc3ccccc23)c1. The van der Waals surface area contributed by atoms with Crippen LogP contribution in [-0.2, 0) is 0 Å². The van der Waals surface area contributed by atoms with Gasteiger partial charge in [-0.1, -0.05) is 188 Å². The summed E-state index contributed by atoms with van der Waals surface area (Å²) in [5.74, 6) is 0. The molecule has 1 heteroatoms. The lowest BCUT2D eigenvalue weighted by molar-refractivity contribution is 1.28. The monoisotopic (exact) mass is 679 g/mol. The Morgan fingerprint density at radius 2 is 0.792 bits per heavy atom. The zero-order valence-electron chi connectivity index (χ0n) is 33.0. The fourth-order valence-corrected chi connectivity index (χ4v) is 7.09. The molecule has 0 aliphatic heterocycles. The minimum atomic E-state index is -0.122. The Morgan fingerprint density at radius 3 is 1.51 bits per heavy atom.